The molecule has 0 aromatic heterocycles. The van der Waals surface area contributed by atoms with Crippen LogP contribution in [0.15, 0.2) is 121 Å². The number of hydrogen-bond donors (Lipinski definition) is 0. The van der Waals surface area contributed by atoms with Gasteiger partial charge >= 0.3 is 0 Å². The molecule has 0 spiro atoms. The van der Waals surface area contributed by atoms with Gasteiger partial charge in [0.25, 0.3) is 0 Å². The standard InChI is InChI=1S/C30H31N2/c1-26(31(22-27-14-6-2-7-15-27)23-28-16-8-3-9-17-28)32(24-29-18-10-4-11-19-29)25-30-20-12-5-13-21-30/h2-21H,22-25H2,1H3/q+1. The second-order valence-electron chi connectivity index (χ2n) is 8.20. The smallest absolute Gasteiger partial charge is 0.244 e. The molecule has 0 aliphatic heterocycles. The maximum Gasteiger partial charge on any atom is 0.244 e. The van der Waals surface area contributed by atoms with Gasteiger partial charge in [0, 0.05) is 6.92 Å². The van der Waals surface area contributed by atoms with Crippen LogP contribution >= 0.6 is 0 Å². The molecule has 32 heavy (non-hydrogen) atoms. The Morgan fingerprint density at radius 1 is 0.500 bits per heavy atom. The average Bonchev–Trinajstić information content (AvgIpc) is 2.85. The minimum Gasteiger partial charge on any atom is -0.258 e. The highest BCUT2D eigenvalue weighted by Crippen LogP contribution is 2.14. The van der Waals surface area contributed by atoms with Gasteiger partial charge in [0.1, 0.15) is 26.2 Å². The Morgan fingerprint density at radius 2 is 0.812 bits per heavy atom. The van der Waals surface area contributed by atoms with Gasteiger partial charge in [0.05, 0.1) is 0 Å². The van der Waals surface area contributed by atoms with E-state index in [0.717, 1.165) is 26.2 Å². The fourth-order valence-corrected chi connectivity index (χ4v) is 3.98. The molecule has 0 heterocycles. The summed E-state index contributed by atoms with van der Waals surface area (Å²) in [6.45, 7) is 5.77. The maximum absolute atomic E-state index is 2.50. The van der Waals surface area contributed by atoms with Gasteiger partial charge in [-0.15, -0.1) is 0 Å². The van der Waals surface area contributed by atoms with Gasteiger partial charge in [-0.05, 0) is 22.3 Å². The second kappa shape index (κ2) is 11.1. The largest absolute Gasteiger partial charge is 0.258 e. The fraction of sp³-hybridized carbons (Fsp3) is 0.167. The van der Waals surface area contributed by atoms with Crippen LogP contribution in [0.25, 0.3) is 0 Å². The normalized spacial score (nSPS) is 10.5. The number of nitrogens with zero attached hydrogens (tertiary/aromatic N) is 2. The van der Waals surface area contributed by atoms with E-state index >= 15 is 0 Å². The van der Waals surface area contributed by atoms with Crippen LogP contribution < -0.4 is 0 Å². The van der Waals surface area contributed by atoms with Crippen molar-refractivity contribution < 1.29 is 4.58 Å². The molecule has 160 valence electrons. The summed E-state index contributed by atoms with van der Waals surface area (Å²) in [7, 11) is 0. The molecule has 0 N–H and O–H groups in total. The summed E-state index contributed by atoms with van der Waals surface area (Å²) in [5, 5.41) is 0. The molecule has 0 radical (unpaired) electrons. The molecular weight excluding hydrogens is 388 g/mol. The van der Waals surface area contributed by atoms with Gasteiger partial charge in [0.2, 0.25) is 5.84 Å². The maximum atomic E-state index is 2.50. The highest BCUT2D eigenvalue weighted by Gasteiger charge is 2.20. The number of benzene rings is 4. The van der Waals surface area contributed by atoms with Crippen molar-refractivity contribution in [1.82, 2.24) is 4.90 Å². The van der Waals surface area contributed by atoms with Crippen molar-refractivity contribution in [2.75, 3.05) is 0 Å². The van der Waals surface area contributed by atoms with E-state index in [4.69, 9.17) is 0 Å². The topological polar surface area (TPSA) is 6.25 Å². The summed E-state index contributed by atoms with van der Waals surface area (Å²) in [6.07, 6.45) is 0. The Labute approximate surface area is 192 Å². The van der Waals surface area contributed by atoms with E-state index in [2.05, 4.69) is 138 Å². The summed E-state index contributed by atoms with van der Waals surface area (Å²) in [6, 6.07) is 43.0. The molecule has 0 bridgehead atoms. The van der Waals surface area contributed by atoms with Crippen molar-refractivity contribution >= 4 is 5.84 Å². The monoisotopic (exact) mass is 419 g/mol. The minimum absolute atomic E-state index is 0.877. The van der Waals surface area contributed by atoms with Crippen molar-refractivity contribution in [3.8, 4) is 0 Å². The average molecular weight is 420 g/mol. The Bertz CT molecular complexity index is 1020. The fourth-order valence-electron chi connectivity index (χ4n) is 3.98. The summed E-state index contributed by atoms with van der Waals surface area (Å²) in [5.74, 6) is 1.28. The van der Waals surface area contributed by atoms with E-state index in [-0.39, 0.29) is 0 Å². The van der Waals surface area contributed by atoms with E-state index in [1.807, 2.05) is 0 Å². The molecule has 0 saturated carbocycles. The molecular formula is C30H31N2+. The third kappa shape index (κ3) is 6.18. The summed E-state index contributed by atoms with van der Waals surface area (Å²) in [4.78, 5) is 2.50. The third-order valence-electron chi connectivity index (χ3n) is 5.78. The molecule has 0 saturated heterocycles. The highest BCUT2D eigenvalue weighted by atomic mass is 15.2. The van der Waals surface area contributed by atoms with Crippen LogP contribution in [0.3, 0.4) is 0 Å². The lowest BCUT2D eigenvalue weighted by molar-refractivity contribution is -0.565. The van der Waals surface area contributed by atoms with Crippen LogP contribution in [0.1, 0.15) is 29.2 Å². The van der Waals surface area contributed by atoms with E-state index < -0.39 is 0 Å². The first-order chi connectivity index (χ1) is 15.8. The Morgan fingerprint density at radius 3 is 1.16 bits per heavy atom. The molecule has 4 aromatic rings. The molecule has 0 amide bonds. The van der Waals surface area contributed by atoms with Crippen molar-refractivity contribution in [3.63, 3.8) is 0 Å². The Hall–Kier alpha value is -3.65. The third-order valence-corrected chi connectivity index (χ3v) is 5.78. The van der Waals surface area contributed by atoms with Crippen LogP contribution in [0.5, 0.6) is 0 Å². The number of rotatable bonds is 8. The molecule has 0 aliphatic carbocycles. The molecule has 0 unspecified atom stereocenters. The molecule has 0 aliphatic rings. The highest BCUT2D eigenvalue weighted by molar-refractivity contribution is 5.74. The first-order valence-corrected chi connectivity index (χ1v) is 11.3. The van der Waals surface area contributed by atoms with Crippen molar-refractivity contribution in [2.45, 2.75) is 33.1 Å². The van der Waals surface area contributed by atoms with Crippen LogP contribution in [-0.4, -0.2) is 15.3 Å². The van der Waals surface area contributed by atoms with Gasteiger partial charge in [-0.25, -0.2) is 0 Å². The van der Waals surface area contributed by atoms with E-state index in [1.165, 1.54) is 28.1 Å². The summed E-state index contributed by atoms with van der Waals surface area (Å²) < 4.78 is 2.50. The predicted octanol–water partition coefficient (Wildman–Crippen LogP) is 6.52. The Kier molecular flexibility index (Phi) is 7.49. The lowest BCUT2D eigenvalue weighted by Gasteiger charge is -2.22. The van der Waals surface area contributed by atoms with Crippen molar-refractivity contribution in [2.24, 2.45) is 0 Å². The van der Waals surface area contributed by atoms with E-state index in [0.29, 0.717) is 0 Å². The van der Waals surface area contributed by atoms with Crippen LogP contribution in [0.2, 0.25) is 0 Å². The number of amidine groups is 1. The zero-order valence-corrected chi connectivity index (χ0v) is 18.8. The predicted molar refractivity (Wildman–Crippen MR) is 133 cm³/mol. The van der Waals surface area contributed by atoms with Crippen LogP contribution in [-0.2, 0) is 26.2 Å². The SMILES string of the molecule is CC(N(Cc1ccccc1)Cc1ccccc1)=[N+](Cc1ccccc1)Cc1ccccc1. The summed E-state index contributed by atoms with van der Waals surface area (Å²) >= 11 is 0. The van der Waals surface area contributed by atoms with E-state index in [9.17, 15) is 0 Å². The lowest BCUT2D eigenvalue weighted by atomic mass is 10.1. The molecule has 0 fully saturated rings. The quantitative estimate of drug-likeness (QED) is 0.179. The molecule has 2 nitrogen and oxygen atoms in total. The zero-order valence-electron chi connectivity index (χ0n) is 18.8. The first kappa shape index (κ1) is 21.6. The van der Waals surface area contributed by atoms with Gasteiger partial charge in [-0.1, -0.05) is 121 Å². The van der Waals surface area contributed by atoms with Gasteiger partial charge in [-0.3, -0.25) is 9.48 Å². The molecule has 0 atom stereocenters. The van der Waals surface area contributed by atoms with E-state index in [1.54, 1.807) is 0 Å². The van der Waals surface area contributed by atoms with Gasteiger partial charge in [0.15, 0.2) is 0 Å². The molecule has 4 rings (SSSR count). The van der Waals surface area contributed by atoms with Gasteiger partial charge < -0.3 is 0 Å². The second-order valence-corrected chi connectivity index (χ2v) is 8.20. The van der Waals surface area contributed by atoms with Gasteiger partial charge in [-0.2, -0.15) is 0 Å². The van der Waals surface area contributed by atoms with Crippen molar-refractivity contribution in [1.29, 1.82) is 0 Å². The van der Waals surface area contributed by atoms with Crippen molar-refractivity contribution in [3.05, 3.63) is 144 Å². The minimum atomic E-state index is 0.877. The Balaban J connectivity index is 1.70. The molecule has 4 aromatic carbocycles. The zero-order chi connectivity index (χ0) is 22.0. The van der Waals surface area contributed by atoms with Crippen LogP contribution in [0.4, 0.5) is 0 Å². The first-order valence-electron chi connectivity index (χ1n) is 11.3. The summed E-state index contributed by atoms with van der Waals surface area (Å²) in [5.41, 5.74) is 5.29. The van der Waals surface area contributed by atoms with Crippen LogP contribution in [0, 0.1) is 0 Å². The lowest BCUT2D eigenvalue weighted by Crippen LogP contribution is -2.35. The number of hydrogen-bond acceptors (Lipinski definition) is 0. The molecule has 2 heteroatoms.